The fraction of sp³-hybridized carbons (Fsp3) is 0.294. The molecule has 0 radical (unpaired) electrons. The number of hydrogen-bond donors (Lipinski definition) is 1. The van der Waals surface area contributed by atoms with Gasteiger partial charge in [-0.15, -0.1) is 36.6 Å². The lowest BCUT2D eigenvalue weighted by Crippen LogP contribution is -2.10. The topological polar surface area (TPSA) is 26.0 Å². The molecule has 22 heavy (non-hydrogen) atoms. The van der Waals surface area contributed by atoms with Gasteiger partial charge in [-0.2, -0.15) is 0 Å². The first kappa shape index (κ1) is 21.3. The molecule has 0 aromatic heterocycles. The Bertz CT molecular complexity index is 549. The summed E-state index contributed by atoms with van der Waals surface area (Å²) < 4.78 is 12.8. The highest BCUT2D eigenvalue weighted by molar-refractivity contribution is 7.99. The summed E-state index contributed by atoms with van der Waals surface area (Å²) in [4.78, 5) is 1.34. The summed E-state index contributed by atoms with van der Waals surface area (Å²) in [5.41, 5.74) is 8.45. The Morgan fingerprint density at radius 2 is 1.68 bits per heavy atom. The lowest BCUT2D eigenvalue weighted by Gasteiger charge is -2.12. The first-order chi connectivity index (χ1) is 9.66. The van der Waals surface area contributed by atoms with E-state index in [1.807, 2.05) is 11.8 Å². The van der Waals surface area contributed by atoms with E-state index in [1.165, 1.54) is 22.6 Å². The number of nitrogens with two attached hydrogens (primary N) is 1. The first-order valence-corrected chi connectivity index (χ1v) is 7.85. The zero-order valence-electron chi connectivity index (χ0n) is 12.5. The monoisotopic (exact) mass is 361 g/mol. The Morgan fingerprint density at radius 3 is 2.32 bits per heavy atom. The summed E-state index contributed by atoms with van der Waals surface area (Å²) >= 11 is 1.87. The van der Waals surface area contributed by atoms with Crippen LogP contribution in [0.25, 0.3) is 0 Å². The molecule has 122 valence electrons. The van der Waals surface area contributed by atoms with Crippen molar-refractivity contribution in [2.24, 2.45) is 5.73 Å². The lowest BCUT2D eigenvalue weighted by atomic mass is 10.0. The quantitative estimate of drug-likeness (QED) is 0.539. The summed E-state index contributed by atoms with van der Waals surface area (Å²) in [6.45, 7) is 2.13. The third kappa shape index (κ3) is 6.57. The van der Waals surface area contributed by atoms with Crippen LogP contribution in [-0.4, -0.2) is 5.75 Å². The van der Waals surface area contributed by atoms with Gasteiger partial charge in [0.15, 0.2) is 0 Å². The van der Waals surface area contributed by atoms with Crippen molar-refractivity contribution in [3.8, 4) is 0 Å². The number of thioether (sulfide) groups is 1. The van der Waals surface area contributed by atoms with Gasteiger partial charge in [-0.3, -0.25) is 0 Å². The number of aryl methyl sites for hydroxylation is 1. The van der Waals surface area contributed by atoms with E-state index >= 15 is 0 Å². The molecule has 0 bridgehead atoms. The van der Waals surface area contributed by atoms with E-state index in [-0.39, 0.29) is 36.7 Å². The summed E-state index contributed by atoms with van der Waals surface area (Å²) in [5, 5.41) is 0. The normalized spacial score (nSPS) is 11.2. The average molecular weight is 362 g/mol. The van der Waals surface area contributed by atoms with Crippen LogP contribution in [0.15, 0.2) is 53.4 Å². The minimum Gasteiger partial charge on any atom is -0.324 e. The van der Waals surface area contributed by atoms with Gasteiger partial charge in [0, 0.05) is 10.9 Å². The van der Waals surface area contributed by atoms with Gasteiger partial charge in [-0.1, -0.05) is 30.3 Å². The Morgan fingerprint density at radius 1 is 1.05 bits per heavy atom. The molecule has 0 aliphatic rings. The second-order valence-electron chi connectivity index (χ2n) is 4.91. The van der Waals surface area contributed by atoms with Gasteiger partial charge in [0.25, 0.3) is 0 Å². The minimum atomic E-state index is -0.212. The standard InChI is InChI=1S/C17H20FNS.2ClH/c1-13-5-2-3-7-17(13)20-12-4-6-16(19)14-8-10-15(18)11-9-14;;/h2-3,5,7-11,16H,4,6,12,19H2,1H3;2*1H. The van der Waals surface area contributed by atoms with Crippen LogP contribution < -0.4 is 5.73 Å². The fourth-order valence-corrected chi connectivity index (χ4v) is 3.08. The van der Waals surface area contributed by atoms with Crippen LogP contribution in [0.1, 0.15) is 30.0 Å². The van der Waals surface area contributed by atoms with Crippen LogP contribution in [0.4, 0.5) is 4.39 Å². The molecule has 0 heterocycles. The molecule has 0 fully saturated rings. The third-order valence-electron chi connectivity index (χ3n) is 3.31. The lowest BCUT2D eigenvalue weighted by molar-refractivity contribution is 0.617. The zero-order chi connectivity index (χ0) is 14.4. The van der Waals surface area contributed by atoms with Crippen molar-refractivity contribution < 1.29 is 4.39 Å². The second-order valence-corrected chi connectivity index (χ2v) is 6.05. The number of rotatable bonds is 6. The highest BCUT2D eigenvalue weighted by Gasteiger charge is 2.06. The van der Waals surface area contributed by atoms with Crippen molar-refractivity contribution >= 4 is 36.6 Å². The van der Waals surface area contributed by atoms with E-state index in [1.54, 1.807) is 12.1 Å². The Hall–Kier alpha value is -0.740. The molecule has 0 saturated heterocycles. The maximum Gasteiger partial charge on any atom is 0.123 e. The van der Waals surface area contributed by atoms with Gasteiger partial charge >= 0.3 is 0 Å². The smallest absolute Gasteiger partial charge is 0.123 e. The molecule has 1 unspecified atom stereocenters. The van der Waals surface area contributed by atoms with Gasteiger partial charge in [-0.25, -0.2) is 4.39 Å². The van der Waals surface area contributed by atoms with Gasteiger partial charge in [0.2, 0.25) is 0 Å². The molecule has 2 N–H and O–H groups in total. The summed E-state index contributed by atoms with van der Waals surface area (Å²) in [6, 6.07) is 14.9. The van der Waals surface area contributed by atoms with Crippen LogP contribution in [0.2, 0.25) is 0 Å². The van der Waals surface area contributed by atoms with Crippen LogP contribution in [0.3, 0.4) is 0 Å². The first-order valence-electron chi connectivity index (χ1n) is 6.86. The molecule has 1 nitrogen and oxygen atoms in total. The molecular weight excluding hydrogens is 340 g/mol. The van der Waals surface area contributed by atoms with E-state index in [9.17, 15) is 4.39 Å². The van der Waals surface area contributed by atoms with E-state index in [0.717, 1.165) is 24.2 Å². The molecule has 0 spiro atoms. The van der Waals surface area contributed by atoms with Crippen LogP contribution >= 0.6 is 36.6 Å². The van der Waals surface area contributed by atoms with Crippen molar-refractivity contribution in [3.63, 3.8) is 0 Å². The van der Waals surface area contributed by atoms with Crippen LogP contribution in [0, 0.1) is 12.7 Å². The molecule has 2 aromatic rings. The minimum absolute atomic E-state index is 0. The van der Waals surface area contributed by atoms with Crippen molar-refractivity contribution in [1.82, 2.24) is 0 Å². The van der Waals surface area contributed by atoms with E-state index in [0.29, 0.717) is 0 Å². The molecule has 1 atom stereocenters. The van der Waals surface area contributed by atoms with Crippen molar-refractivity contribution in [2.45, 2.75) is 30.7 Å². The molecule has 0 amide bonds. The van der Waals surface area contributed by atoms with Gasteiger partial charge in [0.1, 0.15) is 5.82 Å². The molecule has 0 aliphatic carbocycles. The van der Waals surface area contributed by atoms with E-state index < -0.39 is 0 Å². The highest BCUT2D eigenvalue weighted by atomic mass is 35.5. The Balaban J connectivity index is 0.00000220. The molecule has 2 rings (SSSR count). The summed E-state index contributed by atoms with van der Waals surface area (Å²) in [5.74, 6) is 0.843. The fourth-order valence-electron chi connectivity index (χ4n) is 2.08. The largest absolute Gasteiger partial charge is 0.324 e. The van der Waals surface area contributed by atoms with Crippen LogP contribution in [0.5, 0.6) is 0 Å². The van der Waals surface area contributed by atoms with E-state index in [2.05, 4.69) is 31.2 Å². The predicted molar refractivity (Wildman–Crippen MR) is 99.0 cm³/mol. The van der Waals surface area contributed by atoms with Crippen molar-refractivity contribution in [1.29, 1.82) is 0 Å². The van der Waals surface area contributed by atoms with Crippen molar-refractivity contribution in [2.75, 3.05) is 5.75 Å². The Kier molecular flexibility index (Phi) is 10.5. The maximum absolute atomic E-state index is 12.8. The predicted octanol–water partition coefficient (Wildman–Crippen LogP) is 5.55. The highest BCUT2D eigenvalue weighted by Crippen LogP contribution is 2.24. The summed E-state index contributed by atoms with van der Waals surface area (Å²) in [7, 11) is 0. The van der Waals surface area contributed by atoms with Gasteiger partial charge in [0.05, 0.1) is 0 Å². The number of hydrogen-bond acceptors (Lipinski definition) is 2. The molecule has 2 aromatic carbocycles. The van der Waals surface area contributed by atoms with Gasteiger partial charge in [-0.05, 0) is 54.8 Å². The molecule has 0 saturated carbocycles. The van der Waals surface area contributed by atoms with Crippen molar-refractivity contribution in [3.05, 3.63) is 65.5 Å². The number of benzene rings is 2. The molecular formula is C17H22Cl2FNS. The Labute approximate surface area is 148 Å². The third-order valence-corrected chi connectivity index (χ3v) is 4.57. The second kappa shape index (κ2) is 10.9. The molecule has 0 aliphatic heterocycles. The number of halogens is 3. The van der Waals surface area contributed by atoms with Gasteiger partial charge < -0.3 is 5.73 Å². The van der Waals surface area contributed by atoms with E-state index in [4.69, 9.17) is 5.73 Å². The summed E-state index contributed by atoms with van der Waals surface area (Å²) in [6.07, 6.45) is 1.97. The SMILES string of the molecule is Cc1ccccc1SCCCC(N)c1ccc(F)cc1.Cl.Cl. The maximum atomic E-state index is 12.8. The van der Waals surface area contributed by atoms with Crippen LogP contribution in [-0.2, 0) is 0 Å². The zero-order valence-corrected chi connectivity index (χ0v) is 14.9. The average Bonchev–Trinajstić information content (AvgIpc) is 2.46. The molecule has 5 heteroatoms.